The molecule has 0 unspecified atom stereocenters. The van der Waals surface area contributed by atoms with Gasteiger partial charge in [-0.05, 0) is 66.9 Å². The summed E-state index contributed by atoms with van der Waals surface area (Å²) in [5, 5.41) is 10.9. The molecule has 0 aliphatic heterocycles. The highest BCUT2D eigenvalue weighted by Gasteiger charge is 2.19. The lowest BCUT2D eigenvalue weighted by molar-refractivity contribution is 0.0953. The van der Waals surface area contributed by atoms with Crippen LogP contribution in [0.5, 0.6) is 0 Å². The number of hydrogen-bond acceptors (Lipinski definition) is 3. The first-order chi connectivity index (χ1) is 13.5. The molecule has 2 heterocycles. The maximum Gasteiger partial charge on any atom is 0.255 e. The Labute approximate surface area is 166 Å². The van der Waals surface area contributed by atoms with Crippen molar-refractivity contribution < 1.29 is 9.18 Å². The van der Waals surface area contributed by atoms with Crippen molar-refractivity contribution in [3.8, 4) is 5.69 Å². The summed E-state index contributed by atoms with van der Waals surface area (Å²) in [7, 11) is 0. The highest BCUT2D eigenvalue weighted by molar-refractivity contribution is 7.17. The molecular formula is C22H20FN3OS. The molecular weight excluding hydrogens is 373 g/mol. The fourth-order valence-electron chi connectivity index (χ4n) is 3.43. The predicted octanol–water partition coefficient (Wildman–Crippen LogP) is 4.82. The van der Waals surface area contributed by atoms with Gasteiger partial charge in [0.25, 0.3) is 5.91 Å². The lowest BCUT2D eigenvalue weighted by Crippen LogP contribution is -2.26. The minimum Gasteiger partial charge on any atom is -0.352 e. The van der Waals surface area contributed by atoms with Gasteiger partial charge in [-0.1, -0.05) is 18.2 Å². The van der Waals surface area contributed by atoms with E-state index in [1.54, 1.807) is 28.2 Å². The van der Waals surface area contributed by atoms with E-state index in [0.717, 1.165) is 17.8 Å². The summed E-state index contributed by atoms with van der Waals surface area (Å²) >= 11 is 1.72. The molecule has 2 aromatic carbocycles. The second-order valence-electron chi connectivity index (χ2n) is 6.70. The topological polar surface area (TPSA) is 46.9 Å². The Bertz CT molecular complexity index is 1140. The summed E-state index contributed by atoms with van der Waals surface area (Å²) in [6.07, 6.45) is 0.778. The molecule has 0 saturated carbocycles. The first-order valence-electron chi connectivity index (χ1n) is 9.10. The molecule has 0 radical (unpaired) electrons. The zero-order valence-corrected chi connectivity index (χ0v) is 16.5. The zero-order valence-electron chi connectivity index (χ0n) is 15.7. The van der Waals surface area contributed by atoms with Gasteiger partial charge in [-0.2, -0.15) is 5.10 Å². The minimum atomic E-state index is -0.302. The van der Waals surface area contributed by atoms with Crippen LogP contribution in [0.25, 0.3) is 15.8 Å². The van der Waals surface area contributed by atoms with Crippen molar-refractivity contribution in [2.75, 3.05) is 6.54 Å². The Hall–Kier alpha value is -2.99. The number of amides is 1. The number of nitrogens with one attached hydrogen (secondary N) is 1. The standard InChI is InChI=1S/C22H20FN3OS/c1-14-21(15(2)26(25-14)18-9-7-17(23)8-10-18)22(27)24-12-11-16-13-28-20-6-4-3-5-19(16)20/h3-10,13H,11-12H2,1-2H3,(H,24,27). The number of nitrogens with zero attached hydrogens (tertiary/aromatic N) is 2. The number of halogens is 1. The monoisotopic (exact) mass is 393 g/mol. The van der Waals surface area contributed by atoms with Gasteiger partial charge in [0.05, 0.1) is 22.6 Å². The molecule has 0 aliphatic carbocycles. The molecule has 2 aromatic heterocycles. The van der Waals surface area contributed by atoms with E-state index in [1.165, 1.54) is 27.8 Å². The second kappa shape index (κ2) is 7.56. The Balaban J connectivity index is 1.48. The van der Waals surface area contributed by atoms with Crippen molar-refractivity contribution >= 4 is 27.3 Å². The average Bonchev–Trinajstić information content (AvgIpc) is 3.23. The number of hydrogen-bond donors (Lipinski definition) is 1. The maximum atomic E-state index is 13.2. The Morgan fingerprint density at radius 3 is 2.68 bits per heavy atom. The van der Waals surface area contributed by atoms with Gasteiger partial charge in [0, 0.05) is 11.2 Å². The SMILES string of the molecule is Cc1nn(-c2ccc(F)cc2)c(C)c1C(=O)NCCc1csc2ccccc12. The van der Waals surface area contributed by atoms with E-state index in [2.05, 4.69) is 27.9 Å². The van der Waals surface area contributed by atoms with Crippen LogP contribution in [0, 0.1) is 19.7 Å². The van der Waals surface area contributed by atoms with Crippen molar-refractivity contribution in [3.63, 3.8) is 0 Å². The van der Waals surface area contributed by atoms with Gasteiger partial charge < -0.3 is 5.32 Å². The molecule has 28 heavy (non-hydrogen) atoms. The Morgan fingerprint density at radius 1 is 1.14 bits per heavy atom. The van der Waals surface area contributed by atoms with E-state index in [-0.39, 0.29) is 11.7 Å². The molecule has 4 nitrogen and oxygen atoms in total. The van der Waals surface area contributed by atoms with Crippen LogP contribution >= 0.6 is 11.3 Å². The van der Waals surface area contributed by atoms with Gasteiger partial charge in [0.2, 0.25) is 0 Å². The van der Waals surface area contributed by atoms with Crippen molar-refractivity contribution in [1.82, 2.24) is 15.1 Å². The first-order valence-corrected chi connectivity index (χ1v) is 9.98. The summed E-state index contributed by atoms with van der Waals surface area (Å²) in [5.41, 5.74) is 3.93. The molecule has 0 fully saturated rings. The average molecular weight is 393 g/mol. The van der Waals surface area contributed by atoms with Gasteiger partial charge in [-0.25, -0.2) is 9.07 Å². The van der Waals surface area contributed by atoms with Crippen molar-refractivity contribution in [2.45, 2.75) is 20.3 Å². The van der Waals surface area contributed by atoms with Crippen LogP contribution in [0.3, 0.4) is 0 Å². The summed E-state index contributed by atoms with van der Waals surface area (Å²) < 4.78 is 16.1. The number of aryl methyl sites for hydroxylation is 1. The maximum absolute atomic E-state index is 13.2. The molecule has 0 spiro atoms. The third-order valence-electron chi connectivity index (χ3n) is 4.83. The van der Waals surface area contributed by atoms with Crippen LogP contribution in [0.2, 0.25) is 0 Å². The second-order valence-corrected chi connectivity index (χ2v) is 7.61. The summed E-state index contributed by atoms with van der Waals surface area (Å²) in [6.45, 7) is 4.22. The third-order valence-corrected chi connectivity index (χ3v) is 5.84. The van der Waals surface area contributed by atoms with Gasteiger partial charge in [-0.15, -0.1) is 11.3 Å². The van der Waals surface area contributed by atoms with Crippen LogP contribution in [-0.4, -0.2) is 22.2 Å². The molecule has 0 saturated heterocycles. The third kappa shape index (κ3) is 3.43. The van der Waals surface area contributed by atoms with E-state index >= 15 is 0 Å². The first kappa shape index (κ1) is 18.4. The van der Waals surface area contributed by atoms with Crippen LogP contribution in [0.4, 0.5) is 4.39 Å². The number of aromatic nitrogens is 2. The Morgan fingerprint density at radius 2 is 1.89 bits per heavy atom. The fraction of sp³-hybridized carbons (Fsp3) is 0.182. The lowest BCUT2D eigenvalue weighted by Gasteiger charge is -2.07. The van der Waals surface area contributed by atoms with E-state index in [1.807, 2.05) is 26.0 Å². The van der Waals surface area contributed by atoms with Crippen LogP contribution < -0.4 is 5.32 Å². The van der Waals surface area contributed by atoms with Gasteiger partial charge in [0.15, 0.2) is 0 Å². The highest BCUT2D eigenvalue weighted by Crippen LogP contribution is 2.25. The molecule has 1 amide bonds. The molecule has 0 aliphatic rings. The van der Waals surface area contributed by atoms with Gasteiger partial charge in [-0.3, -0.25) is 4.79 Å². The zero-order chi connectivity index (χ0) is 19.7. The molecule has 142 valence electrons. The molecule has 4 rings (SSSR count). The molecule has 1 N–H and O–H groups in total. The Kier molecular flexibility index (Phi) is 4.96. The van der Waals surface area contributed by atoms with E-state index < -0.39 is 0 Å². The summed E-state index contributed by atoms with van der Waals surface area (Å²) in [6, 6.07) is 14.4. The number of benzene rings is 2. The number of fused-ring (bicyclic) bond motifs is 1. The summed E-state index contributed by atoms with van der Waals surface area (Å²) in [4.78, 5) is 12.8. The highest BCUT2D eigenvalue weighted by atomic mass is 32.1. The van der Waals surface area contributed by atoms with Crippen LogP contribution in [0.1, 0.15) is 27.3 Å². The number of carbonyl (C=O) groups is 1. The minimum absolute atomic E-state index is 0.136. The van der Waals surface area contributed by atoms with E-state index in [9.17, 15) is 9.18 Å². The smallest absolute Gasteiger partial charge is 0.255 e. The molecule has 6 heteroatoms. The molecule has 4 aromatic rings. The van der Waals surface area contributed by atoms with E-state index in [4.69, 9.17) is 0 Å². The van der Waals surface area contributed by atoms with Crippen molar-refractivity contribution in [2.24, 2.45) is 0 Å². The van der Waals surface area contributed by atoms with Crippen molar-refractivity contribution in [1.29, 1.82) is 0 Å². The summed E-state index contributed by atoms with van der Waals surface area (Å²) in [5.74, 6) is -0.438. The van der Waals surface area contributed by atoms with Gasteiger partial charge >= 0.3 is 0 Å². The fourth-order valence-corrected chi connectivity index (χ4v) is 4.43. The van der Waals surface area contributed by atoms with E-state index in [0.29, 0.717) is 17.8 Å². The van der Waals surface area contributed by atoms with Crippen molar-refractivity contribution in [3.05, 3.63) is 82.2 Å². The predicted molar refractivity (Wildman–Crippen MR) is 111 cm³/mol. The molecule has 0 bridgehead atoms. The van der Waals surface area contributed by atoms with Crippen LogP contribution in [-0.2, 0) is 6.42 Å². The van der Waals surface area contributed by atoms with Gasteiger partial charge in [0.1, 0.15) is 5.82 Å². The lowest BCUT2D eigenvalue weighted by atomic mass is 10.1. The number of thiophene rings is 1. The molecule has 0 atom stereocenters. The normalized spacial score (nSPS) is 11.1. The number of rotatable bonds is 5. The largest absolute Gasteiger partial charge is 0.352 e. The number of carbonyl (C=O) groups excluding carboxylic acids is 1. The van der Waals surface area contributed by atoms with Crippen LogP contribution in [0.15, 0.2) is 53.9 Å². The quantitative estimate of drug-likeness (QED) is 0.529.